The van der Waals surface area contributed by atoms with Crippen molar-refractivity contribution in [3.05, 3.63) is 64.1 Å². The van der Waals surface area contributed by atoms with E-state index in [-0.39, 0.29) is 22.4 Å². The topological polar surface area (TPSA) is 90.7 Å². The smallest absolute Gasteiger partial charge is 0.347 e. The van der Waals surface area contributed by atoms with Crippen LogP contribution < -0.4 is 0 Å². The van der Waals surface area contributed by atoms with Crippen molar-refractivity contribution in [3.63, 3.8) is 0 Å². The van der Waals surface area contributed by atoms with E-state index in [4.69, 9.17) is 5.11 Å². The zero-order valence-electron chi connectivity index (χ0n) is 16.1. The number of alkyl halides is 2. The highest BCUT2D eigenvalue weighted by Crippen LogP contribution is 2.32. The molecule has 160 valence electrons. The summed E-state index contributed by atoms with van der Waals surface area (Å²) in [7, 11) is 0. The van der Waals surface area contributed by atoms with Gasteiger partial charge in [-0.25, -0.2) is 9.78 Å². The van der Waals surface area contributed by atoms with Crippen LogP contribution in [0.1, 0.15) is 39.5 Å². The number of carboxylic acids is 1. The van der Waals surface area contributed by atoms with Gasteiger partial charge in [-0.2, -0.15) is 8.78 Å². The van der Waals surface area contributed by atoms with Crippen LogP contribution in [0.25, 0.3) is 0 Å². The summed E-state index contributed by atoms with van der Waals surface area (Å²) in [5.74, 6) is -4.53. The average molecular weight is 436 g/mol. The van der Waals surface area contributed by atoms with Gasteiger partial charge >= 0.3 is 11.9 Å². The van der Waals surface area contributed by atoms with Crippen LogP contribution in [0.4, 0.5) is 8.78 Å². The number of rotatable bonds is 9. The number of aromatic carboxylic acids is 1. The van der Waals surface area contributed by atoms with Crippen LogP contribution in [0.5, 0.6) is 0 Å². The van der Waals surface area contributed by atoms with Gasteiger partial charge < -0.3 is 15.1 Å². The number of carbonyl (C=O) groups is 2. The zero-order chi connectivity index (χ0) is 21.7. The number of hydrogen-bond donors (Lipinski definition) is 2. The highest BCUT2D eigenvalue weighted by Gasteiger charge is 2.39. The van der Waals surface area contributed by atoms with Crippen LogP contribution in [-0.4, -0.2) is 50.7 Å². The Labute approximate surface area is 176 Å². The molecule has 1 aromatic heterocycles. The van der Waals surface area contributed by atoms with E-state index < -0.39 is 18.0 Å². The molecule has 30 heavy (non-hydrogen) atoms. The number of halogens is 2. The van der Waals surface area contributed by atoms with E-state index in [2.05, 4.69) is 4.98 Å². The van der Waals surface area contributed by atoms with Crippen molar-refractivity contribution in [2.75, 3.05) is 6.54 Å². The molecule has 1 saturated heterocycles. The molecule has 0 radical (unpaired) electrons. The fourth-order valence-electron chi connectivity index (χ4n) is 3.36. The van der Waals surface area contributed by atoms with Crippen LogP contribution in [-0.2, 0) is 17.1 Å². The third kappa shape index (κ3) is 5.09. The second-order valence-electron chi connectivity index (χ2n) is 7.04. The van der Waals surface area contributed by atoms with E-state index in [1.54, 1.807) is 11.0 Å². The summed E-state index contributed by atoms with van der Waals surface area (Å²) < 4.78 is 28.8. The Hall–Kier alpha value is -2.65. The third-order valence-corrected chi connectivity index (χ3v) is 6.02. The van der Waals surface area contributed by atoms with Gasteiger partial charge in [-0.3, -0.25) is 4.79 Å². The van der Waals surface area contributed by atoms with Gasteiger partial charge in [0.1, 0.15) is 11.0 Å². The zero-order valence-corrected chi connectivity index (χ0v) is 16.9. The van der Waals surface area contributed by atoms with Gasteiger partial charge in [-0.1, -0.05) is 42.5 Å². The lowest BCUT2D eigenvalue weighted by molar-refractivity contribution is -0.128. The summed E-state index contributed by atoms with van der Waals surface area (Å²) in [5.41, 5.74) is -0.273. The second-order valence-corrected chi connectivity index (χ2v) is 8.15. The number of carboxylic acid groups (broad SMARTS) is 1. The molecule has 2 atom stereocenters. The first-order valence-corrected chi connectivity index (χ1v) is 10.4. The predicted octanol–water partition coefficient (Wildman–Crippen LogP) is 3.47. The van der Waals surface area contributed by atoms with Crippen molar-refractivity contribution >= 4 is 23.2 Å². The highest BCUT2D eigenvalue weighted by molar-refractivity contribution is 7.13. The van der Waals surface area contributed by atoms with Crippen molar-refractivity contribution in [3.8, 4) is 0 Å². The maximum Gasteiger partial charge on any atom is 0.347 e. The Morgan fingerprint density at radius 1 is 1.37 bits per heavy atom. The minimum absolute atomic E-state index is 0.0701. The van der Waals surface area contributed by atoms with E-state index in [0.29, 0.717) is 37.2 Å². The van der Waals surface area contributed by atoms with Crippen LogP contribution >= 0.6 is 11.3 Å². The number of amides is 1. The van der Waals surface area contributed by atoms with E-state index >= 15 is 0 Å². The Morgan fingerprint density at radius 3 is 2.77 bits per heavy atom. The normalized spacial score (nSPS) is 18.3. The molecule has 3 rings (SSSR count). The molecule has 1 aliphatic rings. The minimum Gasteiger partial charge on any atom is -0.477 e. The maximum atomic E-state index is 14.4. The molecule has 1 aliphatic heterocycles. The van der Waals surface area contributed by atoms with Crippen molar-refractivity contribution in [2.45, 2.75) is 43.8 Å². The van der Waals surface area contributed by atoms with Gasteiger partial charge in [0, 0.05) is 24.9 Å². The Bertz CT molecular complexity index is 917. The largest absolute Gasteiger partial charge is 0.477 e. The van der Waals surface area contributed by atoms with Crippen molar-refractivity contribution in [1.29, 1.82) is 0 Å². The van der Waals surface area contributed by atoms with E-state index in [1.807, 2.05) is 0 Å². The van der Waals surface area contributed by atoms with Gasteiger partial charge in [-0.15, -0.1) is 11.3 Å². The molecule has 9 heteroatoms. The number of benzene rings is 1. The fraction of sp³-hybridized carbons (Fsp3) is 0.381. The maximum absolute atomic E-state index is 14.4. The molecule has 2 aromatic rings. The molecule has 1 amide bonds. The summed E-state index contributed by atoms with van der Waals surface area (Å²) >= 11 is 1.10. The van der Waals surface area contributed by atoms with Gasteiger partial charge in [0.25, 0.3) is 0 Å². The van der Waals surface area contributed by atoms with Crippen molar-refractivity contribution in [1.82, 2.24) is 9.88 Å². The lowest BCUT2D eigenvalue weighted by atomic mass is 10.0. The molecule has 2 N–H and O–H groups in total. The van der Waals surface area contributed by atoms with Gasteiger partial charge in [-0.05, 0) is 12.8 Å². The summed E-state index contributed by atoms with van der Waals surface area (Å²) in [4.78, 5) is 28.9. The molecular formula is C21H22F2N2O4S. The van der Waals surface area contributed by atoms with E-state index in [0.717, 1.165) is 17.4 Å². The third-order valence-electron chi connectivity index (χ3n) is 4.97. The average Bonchev–Trinajstić information content (AvgIpc) is 3.34. The number of hydrogen-bond acceptors (Lipinski definition) is 5. The standard InChI is InChI=1S/C21H22F2N2O4S/c22-21(23,14-5-2-1-3-6-14)17(26)10-8-15-9-11-19(27)25(15)12-4-7-18-24-13-16(30-18)20(28)29/h1-3,5-6,8,10,13,15,17,26H,4,7,9,11-12H2,(H,28,29). The first kappa shape index (κ1) is 22.0. The Balaban J connectivity index is 1.58. The molecule has 0 spiro atoms. The number of carbonyl (C=O) groups excluding carboxylic acids is 1. The number of nitrogens with zero attached hydrogens (tertiary/aromatic N) is 2. The number of aliphatic hydroxyl groups is 1. The van der Waals surface area contributed by atoms with Crippen LogP contribution in [0, 0.1) is 0 Å². The monoisotopic (exact) mass is 436 g/mol. The number of likely N-dealkylation sites (tertiary alicyclic amines) is 1. The van der Waals surface area contributed by atoms with Crippen molar-refractivity contribution < 1.29 is 28.6 Å². The van der Waals surface area contributed by atoms with Gasteiger partial charge in [0.15, 0.2) is 0 Å². The molecule has 6 nitrogen and oxygen atoms in total. The Morgan fingerprint density at radius 2 is 2.10 bits per heavy atom. The highest BCUT2D eigenvalue weighted by atomic mass is 32.1. The SMILES string of the molecule is O=C(O)c1cnc(CCCN2C(=O)CCC2C=CC(O)C(F)(F)c2ccccc2)s1. The molecule has 1 fully saturated rings. The summed E-state index contributed by atoms with van der Waals surface area (Å²) in [6, 6.07) is 6.76. The fourth-order valence-corrected chi connectivity index (χ4v) is 4.16. The first-order valence-electron chi connectivity index (χ1n) is 9.56. The number of aliphatic hydroxyl groups excluding tert-OH is 1. The molecule has 2 heterocycles. The number of aromatic nitrogens is 1. The number of aryl methyl sites for hydroxylation is 1. The van der Waals surface area contributed by atoms with E-state index in [1.165, 1.54) is 36.5 Å². The molecule has 0 saturated carbocycles. The van der Waals surface area contributed by atoms with Crippen LogP contribution in [0.2, 0.25) is 0 Å². The Kier molecular flexibility index (Phi) is 6.94. The molecular weight excluding hydrogens is 414 g/mol. The number of thiazole rings is 1. The molecule has 2 unspecified atom stereocenters. The molecule has 1 aromatic carbocycles. The van der Waals surface area contributed by atoms with E-state index in [9.17, 15) is 23.5 Å². The minimum atomic E-state index is -3.43. The lowest BCUT2D eigenvalue weighted by Gasteiger charge is -2.24. The summed E-state index contributed by atoms with van der Waals surface area (Å²) in [5, 5.41) is 19.6. The van der Waals surface area contributed by atoms with Crippen LogP contribution in [0.3, 0.4) is 0 Å². The molecule has 0 aliphatic carbocycles. The first-order chi connectivity index (χ1) is 14.3. The molecule has 0 bridgehead atoms. The summed E-state index contributed by atoms with van der Waals surface area (Å²) in [6.07, 6.45) is 3.75. The summed E-state index contributed by atoms with van der Waals surface area (Å²) in [6.45, 7) is 0.404. The van der Waals surface area contributed by atoms with Crippen LogP contribution in [0.15, 0.2) is 48.7 Å². The van der Waals surface area contributed by atoms with Crippen molar-refractivity contribution in [2.24, 2.45) is 0 Å². The van der Waals surface area contributed by atoms with Gasteiger partial charge in [0.05, 0.1) is 17.2 Å². The quantitative estimate of drug-likeness (QED) is 0.588. The van der Waals surface area contributed by atoms with Gasteiger partial charge in [0.2, 0.25) is 5.91 Å². The lowest BCUT2D eigenvalue weighted by Crippen LogP contribution is -2.34. The second kappa shape index (κ2) is 9.44. The predicted molar refractivity (Wildman–Crippen MR) is 108 cm³/mol.